The number of nitrogens with zero attached hydrogens (tertiary/aromatic N) is 2. The van der Waals surface area contributed by atoms with E-state index in [4.69, 9.17) is 0 Å². The molecule has 4 heteroatoms. The number of hydrogen-bond donors (Lipinski definition) is 0. The Labute approximate surface area is 110 Å². The SMILES string of the molecule is CCN(CC)C(=O)N1CCCCCC1CC(C)=O. The largest absolute Gasteiger partial charge is 0.325 e. The topological polar surface area (TPSA) is 40.6 Å². The molecule has 1 unspecified atom stereocenters. The molecule has 0 bridgehead atoms. The standard InChI is InChI=1S/C14H26N2O2/c1-4-15(5-2)14(18)16-10-8-6-7-9-13(16)11-12(3)17/h13H,4-11H2,1-3H3. The van der Waals surface area contributed by atoms with E-state index < -0.39 is 0 Å². The molecule has 18 heavy (non-hydrogen) atoms. The molecule has 2 amide bonds. The number of Topliss-reactive ketones (excluding diaryl/α,β-unsaturated/α-hetero) is 1. The van der Waals surface area contributed by atoms with E-state index >= 15 is 0 Å². The van der Waals surface area contributed by atoms with Gasteiger partial charge in [-0.15, -0.1) is 0 Å². The van der Waals surface area contributed by atoms with Gasteiger partial charge in [0.25, 0.3) is 0 Å². The van der Waals surface area contributed by atoms with Crippen molar-refractivity contribution in [3.8, 4) is 0 Å². The van der Waals surface area contributed by atoms with Crippen LogP contribution in [0.25, 0.3) is 0 Å². The molecule has 1 saturated heterocycles. The molecule has 1 rings (SSSR count). The van der Waals surface area contributed by atoms with Crippen LogP contribution in [0.3, 0.4) is 0 Å². The highest BCUT2D eigenvalue weighted by Gasteiger charge is 2.28. The summed E-state index contributed by atoms with van der Waals surface area (Å²) in [6.07, 6.45) is 4.82. The predicted octanol–water partition coefficient (Wildman–Crippen LogP) is 2.67. The van der Waals surface area contributed by atoms with Gasteiger partial charge in [0, 0.05) is 32.1 Å². The third-order valence-corrected chi connectivity index (χ3v) is 3.68. The van der Waals surface area contributed by atoms with Crippen LogP contribution >= 0.6 is 0 Å². The fraction of sp³-hybridized carbons (Fsp3) is 0.857. The summed E-state index contributed by atoms with van der Waals surface area (Å²) >= 11 is 0. The van der Waals surface area contributed by atoms with Gasteiger partial charge in [0.2, 0.25) is 0 Å². The minimum Gasteiger partial charge on any atom is -0.325 e. The number of hydrogen-bond acceptors (Lipinski definition) is 2. The first-order valence-corrected chi connectivity index (χ1v) is 7.15. The van der Waals surface area contributed by atoms with Gasteiger partial charge in [-0.2, -0.15) is 0 Å². The Balaban J connectivity index is 2.77. The molecule has 104 valence electrons. The minimum atomic E-state index is 0.105. The van der Waals surface area contributed by atoms with Gasteiger partial charge < -0.3 is 9.80 Å². The van der Waals surface area contributed by atoms with E-state index in [0.717, 1.165) is 45.3 Å². The molecule has 1 atom stereocenters. The van der Waals surface area contributed by atoms with Crippen molar-refractivity contribution in [2.45, 2.75) is 58.9 Å². The Morgan fingerprint density at radius 3 is 2.39 bits per heavy atom. The van der Waals surface area contributed by atoms with Crippen molar-refractivity contribution in [1.29, 1.82) is 0 Å². The predicted molar refractivity (Wildman–Crippen MR) is 72.6 cm³/mol. The monoisotopic (exact) mass is 254 g/mol. The van der Waals surface area contributed by atoms with Gasteiger partial charge >= 0.3 is 6.03 Å². The Bertz CT molecular complexity index is 288. The minimum absolute atomic E-state index is 0.105. The van der Waals surface area contributed by atoms with Crippen molar-refractivity contribution in [1.82, 2.24) is 9.80 Å². The maximum atomic E-state index is 12.4. The van der Waals surface area contributed by atoms with Crippen molar-refractivity contribution in [2.24, 2.45) is 0 Å². The molecule has 0 saturated carbocycles. The summed E-state index contributed by atoms with van der Waals surface area (Å²) in [5.41, 5.74) is 0. The maximum absolute atomic E-state index is 12.4. The first-order valence-electron chi connectivity index (χ1n) is 7.15. The molecule has 0 aromatic rings. The van der Waals surface area contributed by atoms with Crippen LogP contribution in [0, 0.1) is 0 Å². The average Bonchev–Trinajstić information content (AvgIpc) is 2.55. The van der Waals surface area contributed by atoms with Gasteiger partial charge in [-0.1, -0.05) is 12.8 Å². The van der Waals surface area contributed by atoms with Crippen molar-refractivity contribution in [2.75, 3.05) is 19.6 Å². The first-order chi connectivity index (χ1) is 8.60. The quantitative estimate of drug-likeness (QED) is 0.774. The van der Waals surface area contributed by atoms with Gasteiger partial charge in [0.1, 0.15) is 5.78 Å². The second-order valence-corrected chi connectivity index (χ2v) is 5.06. The van der Waals surface area contributed by atoms with Crippen LogP contribution in [0.1, 0.15) is 52.9 Å². The molecule has 0 aromatic carbocycles. The van der Waals surface area contributed by atoms with Crippen LogP contribution in [0.4, 0.5) is 4.79 Å². The lowest BCUT2D eigenvalue weighted by molar-refractivity contribution is -0.118. The van der Waals surface area contributed by atoms with Crippen LogP contribution in [0.2, 0.25) is 0 Å². The number of ketones is 1. The van der Waals surface area contributed by atoms with E-state index in [1.807, 2.05) is 23.6 Å². The Hall–Kier alpha value is -1.06. The molecule has 0 spiro atoms. The van der Waals surface area contributed by atoms with E-state index in [1.54, 1.807) is 6.92 Å². The second-order valence-electron chi connectivity index (χ2n) is 5.06. The molecule has 0 aliphatic carbocycles. The maximum Gasteiger partial charge on any atom is 0.320 e. The van der Waals surface area contributed by atoms with Gasteiger partial charge in [-0.05, 0) is 33.6 Å². The zero-order valence-electron chi connectivity index (χ0n) is 11.9. The smallest absolute Gasteiger partial charge is 0.320 e. The summed E-state index contributed by atoms with van der Waals surface area (Å²) in [6, 6.07) is 0.214. The van der Waals surface area contributed by atoms with Gasteiger partial charge in [-0.25, -0.2) is 4.79 Å². The molecule has 1 aliphatic heterocycles. The summed E-state index contributed by atoms with van der Waals surface area (Å²) in [5, 5.41) is 0. The molecular formula is C14H26N2O2. The van der Waals surface area contributed by atoms with E-state index in [-0.39, 0.29) is 17.9 Å². The molecule has 1 fully saturated rings. The highest BCUT2D eigenvalue weighted by Crippen LogP contribution is 2.21. The number of likely N-dealkylation sites (tertiary alicyclic amines) is 1. The van der Waals surface area contributed by atoms with Crippen molar-refractivity contribution < 1.29 is 9.59 Å². The highest BCUT2D eigenvalue weighted by molar-refractivity contribution is 5.79. The molecule has 1 aliphatic rings. The summed E-state index contributed by atoms with van der Waals surface area (Å²) in [4.78, 5) is 27.6. The first kappa shape index (κ1) is 15.0. The van der Waals surface area contributed by atoms with E-state index in [1.165, 1.54) is 0 Å². The zero-order chi connectivity index (χ0) is 13.5. The van der Waals surface area contributed by atoms with Crippen LogP contribution < -0.4 is 0 Å². The normalized spacial score (nSPS) is 20.4. The number of rotatable bonds is 4. The van der Waals surface area contributed by atoms with Crippen molar-refractivity contribution >= 4 is 11.8 Å². The molecule has 0 N–H and O–H groups in total. The van der Waals surface area contributed by atoms with Gasteiger partial charge in [-0.3, -0.25) is 4.79 Å². The van der Waals surface area contributed by atoms with E-state index in [0.29, 0.717) is 6.42 Å². The lowest BCUT2D eigenvalue weighted by Gasteiger charge is -2.34. The summed E-state index contributed by atoms with van der Waals surface area (Å²) in [6.45, 7) is 7.88. The third-order valence-electron chi connectivity index (χ3n) is 3.68. The molecule has 4 nitrogen and oxygen atoms in total. The number of urea groups is 1. The van der Waals surface area contributed by atoms with Crippen molar-refractivity contribution in [3.63, 3.8) is 0 Å². The highest BCUT2D eigenvalue weighted by atomic mass is 16.2. The average molecular weight is 254 g/mol. The molecule has 0 aromatic heterocycles. The van der Waals surface area contributed by atoms with Crippen LogP contribution in [0.5, 0.6) is 0 Å². The molecule has 0 radical (unpaired) electrons. The van der Waals surface area contributed by atoms with Gasteiger partial charge in [0.15, 0.2) is 0 Å². The third kappa shape index (κ3) is 4.00. The van der Waals surface area contributed by atoms with Gasteiger partial charge in [0.05, 0.1) is 0 Å². The lowest BCUT2D eigenvalue weighted by atomic mass is 10.0. The Morgan fingerprint density at radius 2 is 1.83 bits per heavy atom. The number of carbonyl (C=O) groups excluding carboxylic acids is 2. The summed E-state index contributed by atoms with van der Waals surface area (Å²) in [7, 11) is 0. The van der Waals surface area contributed by atoms with Crippen LogP contribution in [-0.4, -0.2) is 47.3 Å². The molecular weight excluding hydrogens is 228 g/mol. The number of carbonyl (C=O) groups is 2. The molecule has 1 heterocycles. The van der Waals surface area contributed by atoms with Crippen LogP contribution in [-0.2, 0) is 4.79 Å². The van der Waals surface area contributed by atoms with Crippen molar-refractivity contribution in [3.05, 3.63) is 0 Å². The fourth-order valence-electron chi connectivity index (χ4n) is 2.65. The van der Waals surface area contributed by atoms with E-state index in [2.05, 4.69) is 0 Å². The number of amides is 2. The fourth-order valence-corrected chi connectivity index (χ4v) is 2.65. The Kier molecular flexibility index (Phi) is 6.16. The van der Waals surface area contributed by atoms with Crippen LogP contribution in [0.15, 0.2) is 0 Å². The summed E-state index contributed by atoms with van der Waals surface area (Å²) < 4.78 is 0. The van der Waals surface area contributed by atoms with E-state index in [9.17, 15) is 9.59 Å². The Morgan fingerprint density at radius 1 is 1.17 bits per heavy atom. The zero-order valence-corrected chi connectivity index (χ0v) is 11.9. The lowest BCUT2D eigenvalue weighted by Crippen LogP contribution is -2.48. The second kappa shape index (κ2) is 7.39. The summed E-state index contributed by atoms with van der Waals surface area (Å²) in [5.74, 6) is 0.180.